The van der Waals surface area contributed by atoms with Crippen LogP contribution in [0.1, 0.15) is 28.9 Å². The van der Waals surface area contributed by atoms with Crippen LogP contribution in [0.25, 0.3) is 5.69 Å². The Labute approximate surface area is 159 Å². The molecule has 0 aliphatic carbocycles. The molecule has 0 unspecified atom stereocenters. The van der Waals surface area contributed by atoms with Crippen molar-refractivity contribution < 1.29 is 9.90 Å². The van der Waals surface area contributed by atoms with Crippen molar-refractivity contribution in [1.82, 2.24) is 15.1 Å². The Morgan fingerprint density at radius 3 is 2.44 bits per heavy atom. The molecule has 5 nitrogen and oxygen atoms in total. The van der Waals surface area contributed by atoms with Gasteiger partial charge in [0.25, 0.3) is 0 Å². The maximum absolute atomic E-state index is 12.2. The van der Waals surface area contributed by atoms with Crippen LogP contribution in [0, 0.1) is 13.8 Å². The average molecular weight is 363 g/mol. The van der Waals surface area contributed by atoms with Gasteiger partial charge in [-0.25, -0.2) is 4.68 Å². The van der Waals surface area contributed by atoms with Crippen LogP contribution in [0.2, 0.25) is 0 Å². The highest BCUT2D eigenvalue weighted by atomic mass is 16.3. The molecule has 0 aliphatic heterocycles. The van der Waals surface area contributed by atoms with Gasteiger partial charge < -0.3 is 10.4 Å². The van der Waals surface area contributed by atoms with Gasteiger partial charge in [0.15, 0.2) is 0 Å². The minimum Gasteiger partial charge on any atom is -0.508 e. The van der Waals surface area contributed by atoms with Gasteiger partial charge >= 0.3 is 0 Å². The maximum atomic E-state index is 12.2. The van der Waals surface area contributed by atoms with E-state index < -0.39 is 0 Å². The number of rotatable bonds is 7. The predicted octanol–water partition coefficient (Wildman–Crippen LogP) is 3.49. The molecule has 5 heteroatoms. The van der Waals surface area contributed by atoms with E-state index in [0.29, 0.717) is 19.4 Å². The third kappa shape index (κ3) is 4.76. The number of phenols is 1. The highest BCUT2D eigenvalue weighted by Crippen LogP contribution is 2.19. The maximum Gasteiger partial charge on any atom is 0.220 e. The first-order chi connectivity index (χ1) is 13.0. The SMILES string of the molecule is Cc1nn(-c2ccccc2)c(C)c1CCC(=O)NCCc1ccc(O)cc1. The van der Waals surface area contributed by atoms with E-state index in [1.54, 1.807) is 12.1 Å². The quantitative estimate of drug-likeness (QED) is 0.675. The van der Waals surface area contributed by atoms with Crippen LogP contribution >= 0.6 is 0 Å². The number of aromatic hydroxyl groups is 1. The minimum atomic E-state index is 0.0417. The van der Waals surface area contributed by atoms with Crippen LogP contribution < -0.4 is 5.32 Å². The first-order valence-corrected chi connectivity index (χ1v) is 9.19. The first-order valence-electron chi connectivity index (χ1n) is 9.19. The predicted molar refractivity (Wildman–Crippen MR) is 106 cm³/mol. The Balaban J connectivity index is 1.53. The minimum absolute atomic E-state index is 0.0417. The van der Waals surface area contributed by atoms with Crippen molar-refractivity contribution in [2.75, 3.05) is 6.54 Å². The van der Waals surface area contributed by atoms with Gasteiger partial charge in [0.1, 0.15) is 5.75 Å². The molecule has 0 saturated heterocycles. The number of benzene rings is 2. The van der Waals surface area contributed by atoms with Crippen LogP contribution in [0.4, 0.5) is 0 Å². The number of amides is 1. The summed E-state index contributed by atoms with van der Waals surface area (Å²) in [5.41, 5.74) is 5.29. The van der Waals surface area contributed by atoms with Gasteiger partial charge in [-0.3, -0.25) is 4.79 Å². The summed E-state index contributed by atoms with van der Waals surface area (Å²) in [5.74, 6) is 0.296. The van der Waals surface area contributed by atoms with Gasteiger partial charge in [-0.05, 0) is 62.1 Å². The smallest absolute Gasteiger partial charge is 0.220 e. The van der Waals surface area contributed by atoms with E-state index >= 15 is 0 Å². The van der Waals surface area contributed by atoms with Crippen molar-refractivity contribution in [3.63, 3.8) is 0 Å². The van der Waals surface area contributed by atoms with Gasteiger partial charge in [0, 0.05) is 18.7 Å². The molecule has 0 saturated carbocycles. The third-order valence-electron chi connectivity index (χ3n) is 4.72. The van der Waals surface area contributed by atoms with Gasteiger partial charge in [-0.2, -0.15) is 5.10 Å². The van der Waals surface area contributed by atoms with Crippen LogP contribution in [0.3, 0.4) is 0 Å². The summed E-state index contributed by atoms with van der Waals surface area (Å²) < 4.78 is 1.94. The zero-order valence-electron chi connectivity index (χ0n) is 15.8. The fourth-order valence-electron chi connectivity index (χ4n) is 3.19. The molecule has 1 aromatic heterocycles. The van der Waals surface area contributed by atoms with Crippen molar-refractivity contribution in [2.45, 2.75) is 33.1 Å². The molecule has 27 heavy (non-hydrogen) atoms. The molecule has 0 fully saturated rings. The zero-order valence-corrected chi connectivity index (χ0v) is 15.8. The van der Waals surface area contributed by atoms with E-state index in [0.717, 1.165) is 34.6 Å². The molecule has 3 aromatic rings. The normalized spacial score (nSPS) is 10.7. The summed E-state index contributed by atoms with van der Waals surface area (Å²) in [6.45, 7) is 4.63. The van der Waals surface area contributed by atoms with Crippen molar-refractivity contribution in [3.05, 3.63) is 77.1 Å². The molecular weight excluding hydrogens is 338 g/mol. The number of carbonyl (C=O) groups is 1. The Hall–Kier alpha value is -3.08. The summed E-state index contributed by atoms with van der Waals surface area (Å²) in [5, 5.41) is 16.9. The molecule has 140 valence electrons. The molecule has 0 spiro atoms. The number of aromatic nitrogens is 2. The number of phenolic OH excluding ortho intramolecular Hbond substituents is 1. The largest absolute Gasteiger partial charge is 0.508 e. The highest BCUT2D eigenvalue weighted by Gasteiger charge is 2.14. The summed E-state index contributed by atoms with van der Waals surface area (Å²) in [4.78, 5) is 12.2. The Kier molecular flexibility index (Phi) is 5.91. The van der Waals surface area contributed by atoms with Crippen molar-refractivity contribution in [3.8, 4) is 11.4 Å². The van der Waals surface area contributed by atoms with Crippen LogP contribution in [-0.4, -0.2) is 27.3 Å². The number of para-hydroxylation sites is 1. The van der Waals surface area contributed by atoms with Crippen molar-refractivity contribution >= 4 is 5.91 Å². The number of nitrogens with one attached hydrogen (secondary N) is 1. The second kappa shape index (κ2) is 8.54. The lowest BCUT2D eigenvalue weighted by Gasteiger charge is -2.07. The fourth-order valence-corrected chi connectivity index (χ4v) is 3.19. The molecule has 1 heterocycles. The lowest BCUT2D eigenvalue weighted by Crippen LogP contribution is -2.26. The second-order valence-corrected chi connectivity index (χ2v) is 6.66. The number of hydrogen-bond acceptors (Lipinski definition) is 3. The van der Waals surface area contributed by atoms with E-state index in [-0.39, 0.29) is 11.7 Å². The summed E-state index contributed by atoms with van der Waals surface area (Å²) >= 11 is 0. The van der Waals surface area contributed by atoms with Gasteiger partial charge in [0.05, 0.1) is 11.4 Å². The van der Waals surface area contributed by atoms with Crippen molar-refractivity contribution in [2.24, 2.45) is 0 Å². The molecule has 0 atom stereocenters. The lowest BCUT2D eigenvalue weighted by molar-refractivity contribution is -0.121. The Bertz CT molecular complexity index is 899. The average Bonchev–Trinajstić information content (AvgIpc) is 2.96. The first kappa shape index (κ1) is 18.7. The summed E-state index contributed by atoms with van der Waals surface area (Å²) in [6, 6.07) is 17.1. The number of nitrogens with zero attached hydrogens (tertiary/aromatic N) is 2. The van der Waals surface area contributed by atoms with E-state index in [1.165, 1.54) is 0 Å². The number of carbonyl (C=O) groups excluding carboxylic acids is 1. The summed E-state index contributed by atoms with van der Waals surface area (Å²) in [7, 11) is 0. The summed E-state index contributed by atoms with van der Waals surface area (Å²) in [6.07, 6.45) is 1.86. The van der Waals surface area contributed by atoms with E-state index in [1.807, 2.05) is 61.0 Å². The standard InChI is InChI=1S/C22H25N3O2/c1-16-21(17(2)25(24-16)19-6-4-3-5-7-19)12-13-22(27)23-15-14-18-8-10-20(26)11-9-18/h3-11,26H,12-15H2,1-2H3,(H,23,27). The molecule has 3 rings (SSSR count). The number of hydrogen-bond donors (Lipinski definition) is 2. The van der Waals surface area contributed by atoms with Crippen LogP contribution in [0.5, 0.6) is 5.75 Å². The van der Waals surface area contributed by atoms with E-state index in [2.05, 4.69) is 10.4 Å². The topological polar surface area (TPSA) is 67.2 Å². The third-order valence-corrected chi connectivity index (χ3v) is 4.72. The molecule has 2 aromatic carbocycles. The fraction of sp³-hybridized carbons (Fsp3) is 0.273. The van der Waals surface area contributed by atoms with Crippen LogP contribution in [0.15, 0.2) is 54.6 Å². The molecular formula is C22H25N3O2. The molecule has 0 aliphatic rings. The molecule has 1 amide bonds. The molecule has 0 bridgehead atoms. The van der Waals surface area contributed by atoms with Crippen molar-refractivity contribution in [1.29, 1.82) is 0 Å². The van der Waals surface area contributed by atoms with E-state index in [4.69, 9.17) is 0 Å². The van der Waals surface area contributed by atoms with E-state index in [9.17, 15) is 9.90 Å². The zero-order chi connectivity index (χ0) is 19.2. The monoisotopic (exact) mass is 363 g/mol. The van der Waals surface area contributed by atoms with Gasteiger partial charge in [-0.15, -0.1) is 0 Å². The second-order valence-electron chi connectivity index (χ2n) is 6.66. The van der Waals surface area contributed by atoms with Gasteiger partial charge in [-0.1, -0.05) is 30.3 Å². The molecule has 2 N–H and O–H groups in total. The molecule has 0 radical (unpaired) electrons. The van der Waals surface area contributed by atoms with Crippen LogP contribution in [-0.2, 0) is 17.6 Å². The highest BCUT2D eigenvalue weighted by molar-refractivity contribution is 5.76. The Morgan fingerprint density at radius 2 is 1.74 bits per heavy atom. The van der Waals surface area contributed by atoms with Gasteiger partial charge in [0.2, 0.25) is 5.91 Å². The Morgan fingerprint density at radius 1 is 1.04 bits per heavy atom. The number of aryl methyl sites for hydroxylation is 1. The lowest BCUT2D eigenvalue weighted by atomic mass is 10.1.